The molecule has 1 N–H and O–H groups in total. The zero-order valence-electron chi connectivity index (χ0n) is 28.6. The van der Waals surface area contributed by atoms with Gasteiger partial charge in [0.2, 0.25) is 21.8 Å². The Kier molecular flexibility index (Phi) is 9.07. The molecule has 6 atom stereocenters. The van der Waals surface area contributed by atoms with Crippen LogP contribution in [0.3, 0.4) is 0 Å². The zero-order chi connectivity index (χ0) is 34.6. The number of aryl methyl sites for hydroxylation is 2. The van der Waals surface area contributed by atoms with Crippen LogP contribution < -0.4 is 14.4 Å². The lowest BCUT2D eigenvalue weighted by Gasteiger charge is -2.50. The second-order valence-electron chi connectivity index (χ2n) is 14.6. The lowest BCUT2D eigenvalue weighted by molar-refractivity contribution is -0.0777. The van der Waals surface area contributed by atoms with E-state index < -0.39 is 26.8 Å². The first-order valence-corrected chi connectivity index (χ1v) is 19.2. The molecule has 262 valence electrons. The smallest absolute Gasteiger partial charge is 0.264 e. The van der Waals surface area contributed by atoms with E-state index in [0.29, 0.717) is 50.1 Å². The molecule has 0 radical (unpaired) electrons. The number of rotatable bonds is 3. The van der Waals surface area contributed by atoms with Crippen molar-refractivity contribution in [2.45, 2.75) is 82.0 Å². The molecule has 4 aliphatic rings. The second-order valence-corrected chi connectivity index (χ2v) is 17.1. The summed E-state index contributed by atoms with van der Waals surface area (Å²) >= 11 is 6.46. The van der Waals surface area contributed by atoms with Gasteiger partial charge in [0, 0.05) is 43.1 Å². The summed E-state index contributed by atoms with van der Waals surface area (Å²) < 4.78 is 48.3. The van der Waals surface area contributed by atoms with E-state index in [1.54, 1.807) is 33.1 Å². The Hall–Kier alpha value is -3.41. The summed E-state index contributed by atoms with van der Waals surface area (Å²) in [6.07, 6.45) is 9.86. The van der Waals surface area contributed by atoms with Gasteiger partial charge in [0.1, 0.15) is 5.75 Å². The fourth-order valence-corrected chi connectivity index (χ4v) is 9.96. The van der Waals surface area contributed by atoms with Crippen molar-refractivity contribution in [2.24, 2.45) is 17.8 Å². The van der Waals surface area contributed by atoms with E-state index in [-0.39, 0.29) is 28.7 Å². The maximum Gasteiger partial charge on any atom is 0.264 e. The van der Waals surface area contributed by atoms with Crippen molar-refractivity contribution in [1.82, 2.24) is 14.9 Å². The molecule has 3 aromatic rings. The van der Waals surface area contributed by atoms with Crippen LogP contribution in [0.4, 0.5) is 5.69 Å². The number of fused-ring (bicyclic) bond motifs is 4. The molecule has 10 nitrogen and oxygen atoms in total. The molecule has 0 saturated heterocycles. The van der Waals surface area contributed by atoms with Crippen molar-refractivity contribution in [2.75, 3.05) is 31.7 Å². The van der Waals surface area contributed by atoms with Gasteiger partial charge in [-0.15, -0.1) is 10.2 Å². The van der Waals surface area contributed by atoms with Crippen LogP contribution >= 0.6 is 11.6 Å². The zero-order valence-corrected chi connectivity index (χ0v) is 30.1. The van der Waals surface area contributed by atoms with E-state index in [0.717, 1.165) is 42.8 Å². The summed E-state index contributed by atoms with van der Waals surface area (Å²) in [6, 6.07) is 11.5. The van der Waals surface area contributed by atoms with Crippen LogP contribution in [0.5, 0.6) is 5.75 Å². The summed E-state index contributed by atoms with van der Waals surface area (Å²) in [5.74, 6) is 1.13. The van der Waals surface area contributed by atoms with Crippen LogP contribution in [0.1, 0.15) is 79.2 Å². The number of allylic oxidation sites excluding steroid dienone is 1. The number of hydrogen-bond acceptors (Lipinski definition) is 9. The number of benzene rings is 2. The predicted molar refractivity (Wildman–Crippen MR) is 188 cm³/mol. The molecular formula is C37H45ClN4O6S. The van der Waals surface area contributed by atoms with Gasteiger partial charge in [0.25, 0.3) is 5.91 Å². The van der Waals surface area contributed by atoms with Gasteiger partial charge in [0.05, 0.1) is 29.6 Å². The van der Waals surface area contributed by atoms with Gasteiger partial charge >= 0.3 is 0 Å². The number of aromatic nitrogens is 2. The number of anilines is 1. The molecule has 2 aromatic carbocycles. The molecule has 2 aliphatic heterocycles. The summed E-state index contributed by atoms with van der Waals surface area (Å²) in [5.41, 5.74) is 2.52. The highest BCUT2D eigenvalue weighted by atomic mass is 35.5. The largest absolute Gasteiger partial charge is 0.490 e. The minimum atomic E-state index is -3.98. The fraction of sp³-hybridized carbons (Fsp3) is 0.541. The van der Waals surface area contributed by atoms with Crippen LogP contribution in [0.15, 0.2) is 53.0 Å². The third-order valence-electron chi connectivity index (χ3n) is 11.6. The van der Waals surface area contributed by atoms with Crippen LogP contribution in [0.2, 0.25) is 5.02 Å². The summed E-state index contributed by atoms with van der Waals surface area (Å²) in [5, 5.41) is 8.32. The number of sulfonamides is 1. The number of methoxy groups -OCH3 is 1. The summed E-state index contributed by atoms with van der Waals surface area (Å²) in [6.45, 7) is 7.16. The van der Waals surface area contributed by atoms with Crippen molar-refractivity contribution in [3.8, 4) is 5.75 Å². The number of hydrogen-bond donors (Lipinski definition) is 1. The number of ether oxygens (including phenoxy) is 2. The van der Waals surface area contributed by atoms with Crippen molar-refractivity contribution in [3.05, 3.63) is 82.0 Å². The molecule has 7 rings (SSSR count). The standard InChI is InChI=1S/C37H45ClN4O6S/c1-23-7-5-16-37(46-4,19-34-40-39-25(3)48-34)31-12-9-28(31)20-42-21-36(15-6-8-26-17-29(38)11-13-30(26)36)22-47-33-14-10-27(18-32(33)42)35(43)41-49(44,45)24(23)2/h5,10-11,13-14,16-18,23-24,28,31H,6-9,12,15,19-22H2,1-4H3,(H,41,43)/b16-5+/t23-,24+,28-,31+,36-,37+/m0/s1. The third-order valence-corrected chi connectivity index (χ3v) is 13.8. The maximum atomic E-state index is 13.6. The molecule has 49 heavy (non-hydrogen) atoms. The van der Waals surface area contributed by atoms with E-state index in [4.69, 9.17) is 25.5 Å². The lowest BCUT2D eigenvalue weighted by Crippen LogP contribution is -2.54. The Labute approximate surface area is 293 Å². The molecule has 1 aromatic heterocycles. The average molecular weight is 709 g/mol. The molecule has 2 aliphatic carbocycles. The molecule has 2 bridgehead atoms. The normalized spacial score (nSPS) is 31.8. The van der Waals surface area contributed by atoms with E-state index in [2.05, 4.69) is 38.0 Å². The molecule has 0 unspecified atom stereocenters. The van der Waals surface area contributed by atoms with E-state index in [9.17, 15) is 13.2 Å². The van der Waals surface area contributed by atoms with Crippen LogP contribution in [-0.2, 0) is 33.0 Å². The monoisotopic (exact) mass is 708 g/mol. The second kappa shape index (κ2) is 13.0. The van der Waals surface area contributed by atoms with E-state index in [1.807, 2.05) is 25.1 Å². The minimum absolute atomic E-state index is 0.123. The van der Waals surface area contributed by atoms with Crippen molar-refractivity contribution >= 4 is 33.2 Å². The van der Waals surface area contributed by atoms with E-state index in [1.165, 1.54) is 11.1 Å². The topological polar surface area (TPSA) is 124 Å². The Morgan fingerprint density at radius 2 is 1.98 bits per heavy atom. The van der Waals surface area contributed by atoms with Crippen molar-refractivity contribution in [3.63, 3.8) is 0 Å². The molecule has 1 fully saturated rings. The van der Waals surface area contributed by atoms with Crippen LogP contribution in [-0.4, -0.2) is 62.2 Å². The number of nitrogens with one attached hydrogen (secondary N) is 1. The molecule has 1 saturated carbocycles. The quantitative estimate of drug-likeness (QED) is 0.317. The van der Waals surface area contributed by atoms with Crippen LogP contribution in [0, 0.1) is 24.7 Å². The van der Waals surface area contributed by atoms with Gasteiger partial charge in [-0.3, -0.25) is 4.79 Å². The number of amides is 1. The third kappa shape index (κ3) is 6.38. The first-order valence-electron chi connectivity index (χ1n) is 17.3. The molecule has 12 heteroatoms. The first kappa shape index (κ1) is 34.1. The van der Waals surface area contributed by atoms with Gasteiger partial charge in [-0.1, -0.05) is 36.7 Å². The maximum absolute atomic E-state index is 13.6. The van der Waals surface area contributed by atoms with Crippen molar-refractivity contribution in [1.29, 1.82) is 0 Å². The van der Waals surface area contributed by atoms with Crippen LogP contribution in [0.25, 0.3) is 0 Å². The summed E-state index contributed by atoms with van der Waals surface area (Å²) in [4.78, 5) is 15.9. The summed E-state index contributed by atoms with van der Waals surface area (Å²) in [7, 11) is -2.25. The van der Waals surface area contributed by atoms with Gasteiger partial charge in [-0.2, -0.15) is 0 Å². The van der Waals surface area contributed by atoms with Crippen molar-refractivity contribution < 1.29 is 27.1 Å². The lowest BCUT2D eigenvalue weighted by atomic mass is 9.63. The average Bonchev–Trinajstić information content (AvgIpc) is 3.40. The molecule has 3 heterocycles. The number of carbonyl (C=O) groups is 1. The van der Waals surface area contributed by atoms with Gasteiger partial charge < -0.3 is 18.8 Å². The Morgan fingerprint density at radius 1 is 1.14 bits per heavy atom. The highest BCUT2D eigenvalue weighted by Crippen LogP contribution is 2.49. The van der Waals surface area contributed by atoms with Gasteiger partial charge in [-0.05, 0) is 105 Å². The SMILES string of the molecule is CO[C@@]1(Cc2nnc(C)o2)/C=C/C[C@H](C)[C@@H](C)S(=O)(=O)NC(=O)c2ccc3c(c2)N(C[C@@H]2CC[C@H]21)C[C@@]1(CCCc2cc(Cl)ccc21)CO3. The Balaban J connectivity index is 1.34. The number of halogens is 1. The molecule has 1 amide bonds. The first-order chi connectivity index (χ1) is 23.4. The number of carbonyl (C=O) groups excluding carboxylic acids is 1. The molecule has 1 spiro atoms. The number of nitrogens with zero attached hydrogens (tertiary/aromatic N) is 3. The highest BCUT2D eigenvalue weighted by Gasteiger charge is 2.50. The Morgan fingerprint density at radius 3 is 2.71 bits per heavy atom. The molecular weight excluding hydrogens is 664 g/mol. The predicted octanol–water partition coefficient (Wildman–Crippen LogP) is 6.20. The fourth-order valence-electron chi connectivity index (χ4n) is 8.48. The van der Waals surface area contributed by atoms with Gasteiger partial charge in [0.15, 0.2) is 0 Å². The van der Waals surface area contributed by atoms with Gasteiger partial charge in [-0.25, -0.2) is 13.1 Å². The minimum Gasteiger partial charge on any atom is -0.490 e. The highest BCUT2D eigenvalue weighted by molar-refractivity contribution is 7.90. The Bertz CT molecular complexity index is 1880. The van der Waals surface area contributed by atoms with E-state index >= 15 is 0 Å².